The molecule has 3 aromatic rings. The Morgan fingerprint density at radius 3 is 2.59 bits per heavy atom. The smallest absolute Gasteiger partial charge is 0.277 e. The Morgan fingerprint density at radius 2 is 1.92 bits per heavy atom. The molecule has 1 aromatic carbocycles. The number of ether oxygens (including phenoxy) is 1. The molecule has 37 heavy (non-hydrogen) atoms. The zero-order valence-electron chi connectivity index (χ0n) is 21.5. The van der Waals surface area contributed by atoms with Crippen molar-refractivity contribution in [2.24, 2.45) is 5.16 Å². The van der Waals surface area contributed by atoms with Gasteiger partial charge in [0.05, 0.1) is 28.5 Å². The van der Waals surface area contributed by atoms with Gasteiger partial charge in [-0.05, 0) is 38.5 Å². The van der Waals surface area contributed by atoms with Crippen LogP contribution in [-0.2, 0) is 16.4 Å². The van der Waals surface area contributed by atoms with Crippen molar-refractivity contribution in [3.05, 3.63) is 40.1 Å². The van der Waals surface area contributed by atoms with Gasteiger partial charge in [-0.15, -0.1) is 5.10 Å². The molecular formula is C25H34N6O5S. The summed E-state index contributed by atoms with van der Waals surface area (Å²) in [6, 6.07) is 4.58. The predicted octanol–water partition coefficient (Wildman–Crippen LogP) is 3.53. The minimum atomic E-state index is -3.83. The second-order valence-corrected chi connectivity index (χ2v) is 11.1. The lowest BCUT2D eigenvalue weighted by molar-refractivity contribution is 0.309. The third-order valence-electron chi connectivity index (χ3n) is 6.58. The number of hydrogen-bond donors (Lipinski definition) is 2. The van der Waals surface area contributed by atoms with Crippen LogP contribution in [0.4, 0.5) is 0 Å². The molecule has 2 N–H and O–H groups in total. The minimum absolute atomic E-state index is 0.0692. The lowest BCUT2D eigenvalue weighted by Crippen LogP contribution is -2.38. The van der Waals surface area contributed by atoms with Crippen LogP contribution in [0.15, 0.2) is 33.0 Å². The Morgan fingerprint density at radius 1 is 1.16 bits per heavy atom. The summed E-state index contributed by atoms with van der Waals surface area (Å²) in [5.41, 5.74) is 1.58. The van der Waals surface area contributed by atoms with Gasteiger partial charge in [0, 0.05) is 32.4 Å². The normalized spacial score (nSPS) is 14.8. The monoisotopic (exact) mass is 530 g/mol. The first-order valence-corrected chi connectivity index (χ1v) is 14.2. The van der Waals surface area contributed by atoms with Gasteiger partial charge in [-0.2, -0.15) is 4.31 Å². The number of aromatic amines is 1. The number of aromatic nitrogens is 4. The van der Waals surface area contributed by atoms with Crippen LogP contribution in [0.25, 0.3) is 16.9 Å². The highest BCUT2D eigenvalue weighted by atomic mass is 32.2. The second-order valence-electron chi connectivity index (χ2n) is 9.15. The summed E-state index contributed by atoms with van der Waals surface area (Å²) in [5.74, 6) is 1.32. The van der Waals surface area contributed by atoms with Crippen molar-refractivity contribution >= 4 is 21.3 Å². The fraction of sp³-hybridized carbons (Fsp3) is 0.520. The number of aryl methyl sites for hydroxylation is 2. The molecule has 0 radical (unpaired) electrons. The van der Waals surface area contributed by atoms with E-state index in [1.165, 1.54) is 16.4 Å². The SMILES string of the molecule is CCCCCCc1nc(C)c2c(=O)[nH]c(-c3cc(S(=O)(=O)N4CCC(=NO)CC4)ccc3OCC)nn12. The topological polar surface area (TPSA) is 142 Å². The molecule has 1 saturated heterocycles. The van der Waals surface area contributed by atoms with Crippen molar-refractivity contribution in [1.29, 1.82) is 0 Å². The van der Waals surface area contributed by atoms with Gasteiger partial charge >= 0.3 is 0 Å². The molecule has 4 rings (SSSR count). The number of nitrogens with one attached hydrogen (secondary N) is 1. The van der Waals surface area contributed by atoms with Crippen molar-refractivity contribution in [3.63, 3.8) is 0 Å². The van der Waals surface area contributed by atoms with E-state index in [0.717, 1.165) is 25.7 Å². The zero-order chi connectivity index (χ0) is 26.6. The Labute approximate surface area is 216 Å². The van der Waals surface area contributed by atoms with E-state index in [1.807, 2.05) is 6.92 Å². The molecule has 2 aromatic heterocycles. The maximum atomic E-state index is 13.4. The molecule has 1 aliphatic heterocycles. The average molecular weight is 531 g/mol. The van der Waals surface area contributed by atoms with Crippen LogP contribution in [0.2, 0.25) is 0 Å². The lowest BCUT2D eigenvalue weighted by Gasteiger charge is -2.26. The van der Waals surface area contributed by atoms with Gasteiger partial charge in [-0.1, -0.05) is 31.3 Å². The van der Waals surface area contributed by atoms with E-state index in [-0.39, 0.29) is 29.4 Å². The Hall–Kier alpha value is -3.25. The third-order valence-corrected chi connectivity index (χ3v) is 8.48. The van der Waals surface area contributed by atoms with Gasteiger partial charge in [0.25, 0.3) is 5.56 Å². The highest BCUT2D eigenvalue weighted by molar-refractivity contribution is 7.89. The zero-order valence-corrected chi connectivity index (χ0v) is 22.3. The van der Waals surface area contributed by atoms with Crippen LogP contribution in [0.1, 0.15) is 63.9 Å². The van der Waals surface area contributed by atoms with E-state index in [4.69, 9.17) is 15.0 Å². The number of H-pyrrole nitrogens is 1. The summed E-state index contributed by atoms with van der Waals surface area (Å²) in [6.07, 6.45) is 5.68. The Balaban J connectivity index is 1.77. The number of unbranched alkanes of at least 4 members (excludes halogenated alkanes) is 3. The van der Waals surface area contributed by atoms with Crippen LogP contribution >= 0.6 is 0 Å². The molecule has 0 bridgehead atoms. The number of imidazole rings is 1. The van der Waals surface area contributed by atoms with Gasteiger partial charge in [0.15, 0.2) is 11.3 Å². The third kappa shape index (κ3) is 5.54. The first kappa shape index (κ1) is 26.8. The molecule has 1 aliphatic rings. The lowest BCUT2D eigenvalue weighted by atomic mass is 10.1. The number of oxime groups is 1. The van der Waals surface area contributed by atoms with E-state index >= 15 is 0 Å². The molecule has 0 unspecified atom stereocenters. The van der Waals surface area contributed by atoms with Gasteiger partial charge < -0.3 is 14.9 Å². The molecule has 3 heterocycles. The number of rotatable bonds is 10. The molecule has 0 amide bonds. The van der Waals surface area contributed by atoms with Crippen molar-refractivity contribution in [2.75, 3.05) is 19.7 Å². The molecule has 1 fully saturated rings. The van der Waals surface area contributed by atoms with E-state index in [0.29, 0.717) is 59.9 Å². The largest absolute Gasteiger partial charge is 0.493 e. The number of nitrogens with zero attached hydrogens (tertiary/aromatic N) is 5. The Kier molecular flexibility index (Phi) is 8.28. The van der Waals surface area contributed by atoms with Gasteiger partial charge in [0.2, 0.25) is 10.0 Å². The van der Waals surface area contributed by atoms with Crippen LogP contribution in [0, 0.1) is 6.92 Å². The maximum absolute atomic E-state index is 13.4. The molecule has 200 valence electrons. The van der Waals surface area contributed by atoms with Gasteiger partial charge in [-0.25, -0.2) is 17.9 Å². The first-order chi connectivity index (χ1) is 17.8. The van der Waals surface area contributed by atoms with Crippen molar-refractivity contribution in [3.8, 4) is 17.1 Å². The highest BCUT2D eigenvalue weighted by Gasteiger charge is 2.29. The van der Waals surface area contributed by atoms with E-state index < -0.39 is 10.0 Å². The first-order valence-electron chi connectivity index (χ1n) is 12.8. The number of fused-ring (bicyclic) bond motifs is 1. The van der Waals surface area contributed by atoms with E-state index in [1.54, 1.807) is 17.5 Å². The standard InChI is InChI=1S/C25H34N6O5S/c1-4-6-7-8-9-22-26-17(3)23-25(32)27-24(28-31(22)23)20-16-19(10-11-21(20)36-5-2)37(34,35)30-14-12-18(29-33)13-15-30/h10-11,16,33H,4-9,12-15H2,1-3H3,(H,27,28,32). The fourth-order valence-corrected chi connectivity index (χ4v) is 6.07. The minimum Gasteiger partial charge on any atom is -0.493 e. The molecule has 0 atom stereocenters. The van der Waals surface area contributed by atoms with Crippen molar-refractivity contribution in [2.45, 2.75) is 70.6 Å². The second kappa shape index (κ2) is 11.4. The molecule has 11 nitrogen and oxygen atoms in total. The van der Waals surface area contributed by atoms with Crippen LogP contribution in [0.3, 0.4) is 0 Å². The number of piperidine rings is 1. The molecule has 0 spiro atoms. The van der Waals surface area contributed by atoms with Crippen molar-refractivity contribution < 1.29 is 18.4 Å². The maximum Gasteiger partial charge on any atom is 0.277 e. The number of hydrogen-bond acceptors (Lipinski definition) is 8. The van der Waals surface area contributed by atoms with Gasteiger partial charge in [0.1, 0.15) is 11.6 Å². The predicted molar refractivity (Wildman–Crippen MR) is 140 cm³/mol. The van der Waals surface area contributed by atoms with Gasteiger partial charge in [-0.3, -0.25) is 4.79 Å². The van der Waals surface area contributed by atoms with Crippen LogP contribution in [0.5, 0.6) is 5.75 Å². The van der Waals surface area contributed by atoms with E-state index in [2.05, 4.69) is 22.0 Å². The summed E-state index contributed by atoms with van der Waals surface area (Å²) in [4.78, 5) is 20.6. The number of sulfonamides is 1. The van der Waals surface area contributed by atoms with Crippen LogP contribution in [-0.4, -0.2) is 62.9 Å². The quantitative estimate of drug-likeness (QED) is 0.232. The molecule has 0 aliphatic carbocycles. The summed E-state index contributed by atoms with van der Waals surface area (Å²) in [6.45, 7) is 6.57. The number of benzene rings is 1. The molecule has 12 heteroatoms. The van der Waals surface area contributed by atoms with E-state index in [9.17, 15) is 13.2 Å². The molecular weight excluding hydrogens is 496 g/mol. The highest BCUT2D eigenvalue weighted by Crippen LogP contribution is 2.32. The Bertz CT molecular complexity index is 1450. The fourth-order valence-electron chi connectivity index (χ4n) is 4.60. The molecule has 0 saturated carbocycles. The summed E-state index contributed by atoms with van der Waals surface area (Å²) < 4.78 is 35.6. The van der Waals surface area contributed by atoms with Crippen molar-refractivity contribution in [1.82, 2.24) is 23.9 Å². The summed E-state index contributed by atoms with van der Waals surface area (Å²) in [7, 11) is -3.83. The summed E-state index contributed by atoms with van der Waals surface area (Å²) >= 11 is 0. The summed E-state index contributed by atoms with van der Waals surface area (Å²) in [5, 5.41) is 16.9. The van der Waals surface area contributed by atoms with Crippen LogP contribution < -0.4 is 10.3 Å². The average Bonchev–Trinajstić information content (AvgIpc) is 3.22.